The van der Waals surface area contributed by atoms with Crippen molar-refractivity contribution in [3.63, 3.8) is 0 Å². The van der Waals surface area contributed by atoms with Gasteiger partial charge < -0.3 is 15.8 Å². The summed E-state index contributed by atoms with van der Waals surface area (Å²) in [6, 6.07) is 0. The quantitative estimate of drug-likeness (QED) is 0.384. The molecule has 0 saturated heterocycles. The van der Waals surface area contributed by atoms with Crippen LogP contribution < -0.4 is 11.6 Å². The second-order valence-electron chi connectivity index (χ2n) is 5.31. The van der Waals surface area contributed by atoms with Crippen molar-refractivity contribution < 1.29 is 5.11 Å². The van der Waals surface area contributed by atoms with Crippen molar-refractivity contribution in [3.8, 4) is 0 Å². The molecule has 1 aromatic rings. The Balaban J connectivity index is 3.02. The highest BCUT2D eigenvalue weighted by Gasteiger charge is 2.19. The van der Waals surface area contributed by atoms with Crippen LogP contribution in [0.1, 0.15) is 25.1 Å². The minimum Gasteiger partial charge on any atom is -0.394 e. The summed E-state index contributed by atoms with van der Waals surface area (Å²) >= 11 is 0. The first-order valence-corrected chi connectivity index (χ1v) is 6.94. The Bertz CT molecular complexity index is 532. The lowest BCUT2D eigenvalue weighted by Crippen LogP contribution is -2.33. The van der Waals surface area contributed by atoms with Crippen molar-refractivity contribution in [1.29, 1.82) is 0 Å². The zero-order valence-electron chi connectivity index (χ0n) is 13.3. The molecular weight excluding hydrogens is 268 g/mol. The number of rotatable bonds is 7. The molecule has 5 N–H and O–H groups in total. The average Bonchev–Trinajstić information content (AvgIpc) is 2.65. The number of aliphatic hydroxyl groups excluding tert-OH is 1. The maximum atomic E-state index is 8.88. The van der Waals surface area contributed by atoms with Crippen LogP contribution in [0.15, 0.2) is 17.3 Å². The summed E-state index contributed by atoms with van der Waals surface area (Å²) in [5, 5.41) is 14.6. The van der Waals surface area contributed by atoms with E-state index in [0.717, 1.165) is 17.0 Å². The van der Waals surface area contributed by atoms with Gasteiger partial charge in [0.05, 0.1) is 36.7 Å². The fraction of sp³-hybridized carbons (Fsp3) is 0.571. The monoisotopic (exact) mass is 294 g/mol. The van der Waals surface area contributed by atoms with Crippen LogP contribution in [0.25, 0.3) is 0 Å². The standard InChI is InChI=1S/C14H26N6O/c1-9(2)13(12-11(4)18-19(5)14(12)15)17-8-10(3)20(16)6-7-21/h9,21H,3,6-8,15-16H2,1-2,4-5H3. The summed E-state index contributed by atoms with van der Waals surface area (Å²) < 4.78 is 1.65. The number of nitrogens with two attached hydrogens (primary N) is 2. The first-order chi connectivity index (χ1) is 9.79. The molecule has 0 saturated carbocycles. The number of anilines is 1. The van der Waals surface area contributed by atoms with Gasteiger partial charge in [-0.05, 0) is 12.8 Å². The highest BCUT2D eigenvalue weighted by Crippen LogP contribution is 2.20. The molecule has 21 heavy (non-hydrogen) atoms. The molecule has 0 radical (unpaired) electrons. The zero-order valence-corrected chi connectivity index (χ0v) is 13.3. The predicted octanol–water partition coefficient (Wildman–Crippen LogP) is 0.438. The molecule has 7 nitrogen and oxygen atoms in total. The van der Waals surface area contributed by atoms with E-state index in [-0.39, 0.29) is 12.5 Å². The van der Waals surface area contributed by atoms with E-state index in [1.54, 1.807) is 4.68 Å². The third-order valence-corrected chi connectivity index (χ3v) is 3.25. The Kier molecular flexibility index (Phi) is 5.92. The van der Waals surface area contributed by atoms with Crippen LogP contribution in [0.4, 0.5) is 5.82 Å². The summed E-state index contributed by atoms with van der Waals surface area (Å²) in [6.07, 6.45) is 0. The van der Waals surface area contributed by atoms with E-state index in [4.69, 9.17) is 16.7 Å². The largest absolute Gasteiger partial charge is 0.394 e. The Morgan fingerprint density at radius 1 is 1.52 bits per heavy atom. The van der Waals surface area contributed by atoms with Crippen molar-refractivity contribution >= 4 is 11.5 Å². The maximum absolute atomic E-state index is 8.88. The van der Waals surface area contributed by atoms with Crippen molar-refractivity contribution in [3.05, 3.63) is 23.5 Å². The molecule has 0 amide bonds. The molecule has 0 fully saturated rings. The molecule has 0 aliphatic rings. The molecule has 0 bridgehead atoms. The van der Waals surface area contributed by atoms with Crippen molar-refractivity contribution in [1.82, 2.24) is 14.8 Å². The number of aliphatic hydroxyl groups is 1. The lowest BCUT2D eigenvalue weighted by Gasteiger charge is -2.19. The van der Waals surface area contributed by atoms with Gasteiger partial charge in [-0.1, -0.05) is 20.4 Å². The zero-order chi connectivity index (χ0) is 16.2. The fourth-order valence-corrected chi connectivity index (χ4v) is 2.08. The molecule has 0 aromatic carbocycles. The Morgan fingerprint density at radius 3 is 2.57 bits per heavy atom. The second kappa shape index (κ2) is 7.24. The van der Waals surface area contributed by atoms with Crippen LogP contribution in [-0.2, 0) is 7.05 Å². The Labute approximate surface area is 125 Å². The van der Waals surface area contributed by atoms with Crippen molar-refractivity contribution in [2.45, 2.75) is 20.8 Å². The lowest BCUT2D eigenvalue weighted by molar-refractivity contribution is 0.228. The highest BCUT2D eigenvalue weighted by atomic mass is 16.3. The summed E-state index contributed by atoms with van der Waals surface area (Å²) in [7, 11) is 1.81. The third kappa shape index (κ3) is 4.05. The summed E-state index contributed by atoms with van der Waals surface area (Å²) in [4.78, 5) is 4.61. The normalized spacial score (nSPS) is 12.0. The summed E-state index contributed by atoms with van der Waals surface area (Å²) in [5.74, 6) is 6.56. The Hall–Kier alpha value is -1.86. The number of nitrogen functional groups attached to an aromatic ring is 1. The molecule has 0 spiro atoms. The van der Waals surface area contributed by atoms with Crippen LogP contribution in [-0.4, -0.2) is 45.3 Å². The average molecular weight is 294 g/mol. The molecule has 0 aliphatic carbocycles. The van der Waals surface area contributed by atoms with Gasteiger partial charge in [0.25, 0.3) is 0 Å². The van der Waals surface area contributed by atoms with E-state index >= 15 is 0 Å². The second-order valence-corrected chi connectivity index (χ2v) is 5.31. The van der Waals surface area contributed by atoms with Gasteiger partial charge in [0.1, 0.15) is 5.82 Å². The number of aryl methyl sites for hydroxylation is 2. The van der Waals surface area contributed by atoms with Gasteiger partial charge in [0, 0.05) is 12.7 Å². The third-order valence-electron chi connectivity index (χ3n) is 3.25. The molecule has 0 unspecified atom stereocenters. The molecule has 7 heteroatoms. The van der Waals surface area contributed by atoms with Crippen molar-refractivity contribution in [2.24, 2.45) is 23.8 Å². The van der Waals surface area contributed by atoms with E-state index in [1.807, 2.05) is 14.0 Å². The minimum atomic E-state index is -0.0229. The van der Waals surface area contributed by atoms with E-state index in [2.05, 4.69) is 30.5 Å². The Morgan fingerprint density at radius 2 is 2.14 bits per heavy atom. The molecule has 1 heterocycles. The maximum Gasteiger partial charge on any atom is 0.130 e. The fourth-order valence-electron chi connectivity index (χ4n) is 2.08. The van der Waals surface area contributed by atoms with Gasteiger partial charge in [0.15, 0.2) is 0 Å². The smallest absolute Gasteiger partial charge is 0.130 e. The molecule has 1 rings (SSSR count). The summed E-state index contributed by atoms with van der Waals surface area (Å²) in [5.41, 5.74) is 9.35. The van der Waals surface area contributed by atoms with Gasteiger partial charge in [-0.3, -0.25) is 9.67 Å². The number of aromatic nitrogens is 2. The van der Waals surface area contributed by atoms with E-state index in [9.17, 15) is 0 Å². The molecular formula is C14H26N6O. The first-order valence-electron chi connectivity index (χ1n) is 6.94. The number of hydrazine groups is 1. The van der Waals surface area contributed by atoms with Gasteiger partial charge in [-0.25, -0.2) is 5.84 Å². The molecule has 0 aliphatic heterocycles. The topological polar surface area (TPSA) is 106 Å². The van der Waals surface area contributed by atoms with E-state index in [1.165, 1.54) is 5.01 Å². The molecule has 118 valence electrons. The number of aliphatic imine (C=N–C) groups is 1. The van der Waals surface area contributed by atoms with Crippen LogP contribution in [0, 0.1) is 12.8 Å². The van der Waals surface area contributed by atoms with Crippen LogP contribution in [0.3, 0.4) is 0 Å². The van der Waals surface area contributed by atoms with Crippen molar-refractivity contribution in [2.75, 3.05) is 25.4 Å². The molecule has 1 aromatic heterocycles. The number of hydrogen-bond donors (Lipinski definition) is 3. The number of hydrogen-bond acceptors (Lipinski definition) is 6. The summed E-state index contributed by atoms with van der Waals surface area (Å²) in [6.45, 7) is 10.6. The predicted molar refractivity (Wildman–Crippen MR) is 85.7 cm³/mol. The SMILES string of the molecule is C=C(CN=C(c1c(C)nn(C)c1N)C(C)C)N(N)CCO. The van der Waals surface area contributed by atoms with Gasteiger partial charge in [0.2, 0.25) is 0 Å². The van der Waals surface area contributed by atoms with Crippen LogP contribution in [0.5, 0.6) is 0 Å². The van der Waals surface area contributed by atoms with Gasteiger partial charge in [-0.15, -0.1) is 0 Å². The molecule has 0 atom stereocenters. The first kappa shape index (κ1) is 17.2. The van der Waals surface area contributed by atoms with Gasteiger partial charge >= 0.3 is 0 Å². The highest BCUT2D eigenvalue weighted by molar-refractivity contribution is 6.06. The van der Waals surface area contributed by atoms with E-state index in [0.29, 0.717) is 24.6 Å². The van der Waals surface area contributed by atoms with Crippen LogP contribution >= 0.6 is 0 Å². The lowest BCUT2D eigenvalue weighted by atomic mass is 9.99. The van der Waals surface area contributed by atoms with E-state index < -0.39 is 0 Å². The van der Waals surface area contributed by atoms with Crippen LogP contribution in [0.2, 0.25) is 0 Å². The minimum absolute atomic E-state index is 0.0229. The number of nitrogens with zero attached hydrogens (tertiary/aromatic N) is 4. The van der Waals surface area contributed by atoms with Gasteiger partial charge in [-0.2, -0.15) is 5.10 Å².